The molecule has 13 nitrogen and oxygen atoms in total. The number of phosphoric ester groups is 1. The van der Waals surface area contributed by atoms with Gasteiger partial charge in [0.25, 0.3) is 0 Å². The highest BCUT2D eigenvalue weighted by Crippen LogP contribution is 2.47. The molecule has 14 heteroatoms. The fourth-order valence-electron chi connectivity index (χ4n) is 6.37. The lowest BCUT2D eigenvalue weighted by Crippen LogP contribution is -2.64. The third-order valence-electron chi connectivity index (χ3n) is 10.0. The number of hydrogen-bond donors (Lipinski definition) is 6. The van der Waals surface area contributed by atoms with Crippen LogP contribution in [0, 0.1) is 0 Å². The van der Waals surface area contributed by atoms with Crippen LogP contribution in [0.3, 0.4) is 0 Å². The number of allylic oxidation sites excluding steroid dienone is 12. The van der Waals surface area contributed by atoms with Crippen molar-refractivity contribution in [1.82, 2.24) is 0 Å². The first-order valence-electron chi connectivity index (χ1n) is 22.7. The van der Waals surface area contributed by atoms with Crippen LogP contribution in [0.1, 0.15) is 155 Å². The predicted octanol–water partition coefficient (Wildman–Crippen LogP) is 8.72. The average molecular weight is 883 g/mol. The second kappa shape index (κ2) is 36.7. The number of phosphoric acid groups is 1. The number of carbonyl (C=O) groups excluding carboxylic acids is 2. The van der Waals surface area contributed by atoms with E-state index < -0.39 is 75.7 Å². The van der Waals surface area contributed by atoms with Crippen LogP contribution in [0.25, 0.3) is 0 Å². The fraction of sp³-hybridized carbons (Fsp3) is 0.702. The Bertz CT molecular complexity index is 1340. The lowest BCUT2D eigenvalue weighted by Gasteiger charge is -2.41. The van der Waals surface area contributed by atoms with Gasteiger partial charge in [-0.15, -0.1) is 0 Å². The molecule has 0 aliphatic heterocycles. The molecule has 1 rings (SSSR count). The van der Waals surface area contributed by atoms with Crippen LogP contribution in [0.5, 0.6) is 0 Å². The van der Waals surface area contributed by atoms with Gasteiger partial charge in [0.1, 0.15) is 43.2 Å². The molecule has 1 aliphatic carbocycles. The molecule has 1 fully saturated rings. The zero-order chi connectivity index (χ0) is 45.0. The molecule has 6 unspecified atom stereocenters. The Labute approximate surface area is 365 Å². The number of aliphatic hydroxyl groups is 5. The van der Waals surface area contributed by atoms with Crippen molar-refractivity contribution in [3.8, 4) is 0 Å². The maximum Gasteiger partial charge on any atom is 0.472 e. The molecule has 0 saturated heterocycles. The van der Waals surface area contributed by atoms with Crippen LogP contribution < -0.4 is 0 Å². The van der Waals surface area contributed by atoms with Crippen LogP contribution in [-0.2, 0) is 32.7 Å². The fourth-order valence-corrected chi connectivity index (χ4v) is 7.35. The van der Waals surface area contributed by atoms with Gasteiger partial charge in [-0.3, -0.25) is 18.6 Å². The van der Waals surface area contributed by atoms with Crippen LogP contribution in [0.15, 0.2) is 72.9 Å². The van der Waals surface area contributed by atoms with Crippen molar-refractivity contribution >= 4 is 19.8 Å². The van der Waals surface area contributed by atoms with Crippen molar-refractivity contribution in [1.29, 1.82) is 0 Å². The predicted molar refractivity (Wildman–Crippen MR) is 239 cm³/mol. The van der Waals surface area contributed by atoms with E-state index >= 15 is 0 Å². The summed E-state index contributed by atoms with van der Waals surface area (Å²) in [5.41, 5.74) is 0. The molecule has 0 aromatic rings. The molecule has 0 amide bonds. The number of esters is 2. The molecule has 350 valence electrons. The van der Waals surface area contributed by atoms with Crippen LogP contribution in [0.4, 0.5) is 0 Å². The summed E-state index contributed by atoms with van der Waals surface area (Å²) in [5.74, 6) is -1.18. The van der Waals surface area contributed by atoms with Crippen molar-refractivity contribution in [2.24, 2.45) is 0 Å². The third-order valence-corrected chi connectivity index (χ3v) is 11.0. The van der Waals surface area contributed by atoms with Gasteiger partial charge in [0, 0.05) is 12.8 Å². The number of rotatable bonds is 36. The summed E-state index contributed by atoms with van der Waals surface area (Å²) >= 11 is 0. The second-order valence-corrected chi connectivity index (χ2v) is 16.9. The van der Waals surface area contributed by atoms with Gasteiger partial charge in [-0.05, 0) is 77.0 Å². The average Bonchev–Trinajstić information content (AvgIpc) is 3.24. The van der Waals surface area contributed by atoms with Crippen molar-refractivity contribution in [2.45, 2.75) is 198 Å². The highest BCUT2D eigenvalue weighted by molar-refractivity contribution is 7.47. The normalized spacial score (nSPS) is 22.7. The maximum atomic E-state index is 12.8. The molecular formula is C47H79O13P. The molecule has 0 bridgehead atoms. The van der Waals surface area contributed by atoms with Gasteiger partial charge < -0.3 is 39.9 Å². The van der Waals surface area contributed by atoms with E-state index in [0.29, 0.717) is 19.3 Å². The molecule has 0 spiro atoms. The summed E-state index contributed by atoms with van der Waals surface area (Å²) < 4.78 is 33.4. The maximum absolute atomic E-state index is 12.8. The Kier molecular flexibility index (Phi) is 33.9. The van der Waals surface area contributed by atoms with Gasteiger partial charge in [0.05, 0.1) is 6.61 Å². The van der Waals surface area contributed by atoms with Crippen molar-refractivity contribution in [3.05, 3.63) is 72.9 Å². The summed E-state index contributed by atoms with van der Waals surface area (Å²) in [6, 6.07) is 0. The minimum atomic E-state index is -5.14. The number of aliphatic hydroxyl groups excluding tert-OH is 5. The molecule has 0 aromatic heterocycles. The van der Waals surface area contributed by atoms with Crippen molar-refractivity contribution in [2.75, 3.05) is 13.2 Å². The van der Waals surface area contributed by atoms with E-state index in [2.05, 4.69) is 74.6 Å². The molecule has 1 saturated carbocycles. The second-order valence-electron chi connectivity index (χ2n) is 15.5. The molecule has 6 N–H and O–H groups in total. The monoisotopic (exact) mass is 883 g/mol. The number of unbranched alkanes of at least 4 members (excludes halogenated alkanes) is 12. The lowest BCUT2D eigenvalue weighted by atomic mass is 9.85. The minimum Gasteiger partial charge on any atom is -0.462 e. The first-order chi connectivity index (χ1) is 29.4. The topological polar surface area (TPSA) is 210 Å². The Balaban J connectivity index is 2.53. The summed E-state index contributed by atoms with van der Waals surface area (Å²) in [6.07, 6.45) is 32.5. The van der Waals surface area contributed by atoms with Gasteiger partial charge in [-0.2, -0.15) is 0 Å². The zero-order valence-electron chi connectivity index (χ0n) is 36.9. The SMILES string of the molecule is CCC=CCC=CCC=CCC=CCC=CCCCC(=O)OC(COC(=O)CCCCCCCC=CCCCCCCCC)COP(=O)(O)OC1C(O)C(O)C(O)C(O)C1O. The summed E-state index contributed by atoms with van der Waals surface area (Å²) in [4.78, 5) is 35.7. The van der Waals surface area contributed by atoms with E-state index in [-0.39, 0.29) is 12.8 Å². The highest BCUT2D eigenvalue weighted by atomic mass is 31.2. The summed E-state index contributed by atoms with van der Waals surface area (Å²) in [5, 5.41) is 50.1. The number of ether oxygens (including phenoxy) is 2. The van der Waals surface area contributed by atoms with Crippen molar-refractivity contribution < 1.29 is 63.1 Å². The standard InChI is InChI=1S/C47H79O13P/c1-3-5-7-9-11-13-15-17-19-20-22-24-26-28-30-32-34-36-41(49)59-39(38-58-61(55,56)60-47-45(53)43(51)42(50)44(52)46(47)54)37-57-40(48)35-33-31-29-27-25-23-21-18-16-14-12-10-8-6-4-2/h5,7,11,13,17-19,21-22,24,28,30,39,42-47,50-54H,3-4,6,8-10,12,14-16,20,23,25-27,29,31-38H2,1-2H3,(H,55,56). The van der Waals surface area contributed by atoms with E-state index in [1.165, 1.54) is 38.5 Å². The van der Waals surface area contributed by atoms with E-state index in [0.717, 1.165) is 70.6 Å². The van der Waals surface area contributed by atoms with E-state index in [1.54, 1.807) is 0 Å². The van der Waals surface area contributed by atoms with E-state index in [4.69, 9.17) is 18.5 Å². The largest absolute Gasteiger partial charge is 0.472 e. The van der Waals surface area contributed by atoms with Gasteiger partial charge >= 0.3 is 19.8 Å². The Hall–Kier alpha value is -2.71. The van der Waals surface area contributed by atoms with Crippen LogP contribution in [-0.4, -0.2) is 98.3 Å². The minimum absolute atomic E-state index is 0.0134. The van der Waals surface area contributed by atoms with Crippen molar-refractivity contribution in [3.63, 3.8) is 0 Å². The first kappa shape index (κ1) is 56.3. The Morgan fingerprint density at radius 2 is 0.951 bits per heavy atom. The number of carbonyl (C=O) groups is 2. The molecule has 1 aliphatic rings. The van der Waals surface area contributed by atoms with Gasteiger partial charge in [0.15, 0.2) is 6.10 Å². The number of hydrogen-bond acceptors (Lipinski definition) is 12. The summed E-state index contributed by atoms with van der Waals surface area (Å²) in [7, 11) is -5.14. The smallest absolute Gasteiger partial charge is 0.462 e. The molecule has 0 aromatic carbocycles. The molecular weight excluding hydrogens is 803 g/mol. The molecule has 6 atom stereocenters. The highest BCUT2D eigenvalue weighted by Gasteiger charge is 2.51. The Morgan fingerprint density at radius 3 is 1.49 bits per heavy atom. The molecule has 61 heavy (non-hydrogen) atoms. The van der Waals surface area contributed by atoms with E-state index in [9.17, 15) is 44.6 Å². The quantitative estimate of drug-likeness (QED) is 0.0151. The zero-order valence-corrected chi connectivity index (χ0v) is 37.8. The summed E-state index contributed by atoms with van der Waals surface area (Å²) in [6.45, 7) is 3.11. The Morgan fingerprint density at radius 1 is 0.525 bits per heavy atom. The molecule has 0 radical (unpaired) electrons. The van der Waals surface area contributed by atoms with Gasteiger partial charge in [0.2, 0.25) is 0 Å². The van der Waals surface area contributed by atoms with Gasteiger partial charge in [-0.1, -0.05) is 138 Å². The van der Waals surface area contributed by atoms with Gasteiger partial charge in [-0.25, -0.2) is 4.57 Å². The third kappa shape index (κ3) is 29.3. The van der Waals surface area contributed by atoms with Crippen LogP contribution >= 0.6 is 7.82 Å². The first-order valence-corrected chi connectivity index (χ1v) is 24.2. The van der Waals surface area contributed by atoms with E-state index in [1.807, 2.05) is 12.2 Å². The van der Waals surface area contributed by atoms with Crippen LogP contribution in [0.2, 0.25) is 0 Å². The lowest BCUT2D eigenvalue weighted by molar-refractivity contribution is -0.220. The molecule has 0 heterocycles.